The van der Waals surface area contributed by atoms with E-state index in [1.165, 1.54) is 55.4 Å². The van der Waals surface area contributed by atoms with Crippen molar-refractivity contribution in [3.63, 3.8) is 0 Å². The van der Waals surface area contributed by atoms with Gasteiger partial charge in [0.25, 0.3) is 0 Å². The van der Waals surface area contributed by atoms with Crippen LogP contribution >= 0.6 is 0 Å². The first-order valence-corrected chi connectivity index (χ1v) is 7.26. The van der Waals surface area contributed by atoms with Gasteiger partial charge in [-0.15, -0.1) is 34.9 Å². The molecule has 1 aliphatic carbocycles. The van der Waals surface area contributed by atoms with Crippen LogP contribution in [0.3, 0.4) is 0 Å². The summed E-state index contributed by atoms with van der Waals surface area (Å²) >= 11 is 0. The van der Waals surface area contributed by atoms with Crippen LogP contribution in [-0.4, -0.2) is 12.3 Å². The first-order valence-electron chi connectivity index (χ1n) is 7.26. The van der Waals surface area contributed by atoms with E-state index < -0.39 is 0 Å². The molecule has 0 saturated carbocycles. The standard InChI is InChI=1S/C17H22N.Ir/c1-17(2)11-6-12-18-16(17)15-10-5-8-13-7-3-4-9-14(13)15;/h5,8H,3-4,6-7,9,11-12H2,1-2H3;/q-1;. The van der Waals surface area contributed by atoms with E-state index in [1.807, 2.05) is 0 Å². The summed E-state index contributed by atoms with van der Waals surface area (Å²) < 4.78 is 0. The third kappa shape index (κ3) is 2.85. The van der Waals surface area contributed by atoms with E-state index >= 15 is 0 Å². The summed E-state index contributed by atoms with van der Waals surface area (Å²) in [5.74, 6) is 0. The zero-order valence-corrected chi connectivity index (χ0v) is 14.3. The van der Waals surface area contributed by atoms with E-state index in [9.17, 15) is 0 Å². The minimum absolute atomic E-state index is 0. The number of nitrogens with zero attached hydrogens (tertiary/aromatic N) is 1. The smallest absolute Gasteiger partial charge is 0.0285 e. The fourth-order valence-corrected chi connectivity index (χ4v) is 3.38. The Labute approximate surface area is 130 Å². The molecule has 0 amide bonds. The molecule has 0 unspecified atom stereocenters. The Morgan fingerprint density at radius 2 is 1.95 bits per heavy atom. The number of fused-ring (bicyclic) bond motifs is 1. The summed E-state index contributed by atoms with van der Waals surface area (Å²) in [5.41, 5.74) is 5.95. The molecular weight excluding hydrogens is 410 g/mol. The van der Waals surface area contributed by atoms with Crippen molar-refractivity contribution in [2.45, 2.75) is 52.4 Å². The van der Waals surface area contributed by atoms with Gasteiger partial charge >= 0.3 is 0 Å². The molecule has 0 saturated heterocycles. The minimum Gasteiger partial charge on any atom is -0.337 e. The predicted molar refractivity (Wildman–Crippen MR) is 76.3 cm³/mol. The molecule has 0 atom stereocenters. The summed E-state index contributed by atoms with van der Waals surface area (Å²) in [4.78, 5) is 4.85. The number of rotatable bonds is 1. The molecule has 1 heterocycles. The molecule has 2 aliphatic rings. The van der Waals surface area contributed by atoms with Crippen LogP contribution in [0.2, 0.25) is 0 Å². The Morgan fingerprint density at radius 3 is 2.74 bits per heavy atom. The Hall–Kier alpha value is -0.461. The second-order valence-corrected chi connectivity index (χ2v) is 6.28. The average molecular weight is 433 g/mol. The third-order valence-electron chi connectivity index (χ3n) is 4.43. The van der Waals surface area contributed by atoms with Gasteiger partial charge in [-0.25, -0.2) is 0 Å². The molecule has 0 N–H and O–H groups in total. The minimum atomic E-state index is 0. The Kier molecular flexibility index (Phi) is 4.63. The molecule has 1 aliphatic heterocycles. The van der Waals surface area contributed by atoms with E-state index in [2.05, 4.69) is 32.0 Å². The van der Waals surface area contributed by atoms with E-state index in [0.717, 1.165) is 6.54 Å². The zero-order chi connectivity index (χ0) is 12.6. The quantitative estimate of drug-likeness (QED) is 0.596. The van der Waals surface area contributed by atoms with Gasteiger partial charge in [-0.2, -0.15) is 0 Å². The van der Waals surface area contributed by atoms with E-state index in [1.54, 1.807) is 5.56 Å². The van der Waals surface area contributed by atoms with Crippen LogP contribution in [0.1, 0.15) is 56.2 Å². The molecule has 105 valence electrons. The van der Waals surface area contributed by atoms with Gasteiger partial charge in [0.05, 0.1) is 0 Å². The van der Waals surface area contributed by atoms with Crippen LogP contribution in [-0.2, 0) is 32.9 Å². The van der Waals surface area contributed by atoms with Gasteiger partial charge in [-0.1, -0.05) is 33.1 Å². The largest absolute Gasteiger partial charge is 0.337 e. The number of hydrogen-bond donors (Lipinski definition) is 0. The van der Waals surface area contributed by atoms with Gasteiger partial charge in [-0.3, -0.25) is 0 Å². The van der Waals surface area contributed by atoms with Gasteiger partial charge in [0.1, 0.15) is 0 Å². The number of aryl methyl sites for hydroxylation is 1. The summed E-state index contributed by atoms with van der Waals surface area (Å²) in [6, 6.07) is 7.85. The fourth-order valence-electron chi connectivity index (χ4n) is 3.38. The first kappa shape index (κ1) is 14.9. The van der Waals surface area contributed by atoms with Crippen molar-refractivity contribution in [3.05, 3.63) is 34.9 Å². The van der Waals surface area contributed by atoms with Gasteiger partial charge < -0.3 is 4.99 Å². The molecule has 1 radical (unpaired) electrons. The number of aliphatic imine (C=N–C) groups is 1. The molecule has 0 aromatic heterocycles. The molecule has 0 bridgehead atoms. The summed E-state index contributed by atoms with van der Waals surface area (Å²) in [6.45, 7) is 5.67. The van der Waals surface area contributed by atoms with Gasteiger partial charge in [0.2, 0.25) is 0 Å². The Bertz CT molecular complexity index is 488. The predicted octanol–water partition coefficient (Wildman–Crippen LogP) is 3.97. The first-order chi connectivity index (χ1) is 8.68. The molecule has 0 spiro atoms. The summed E-state index contributed by atoms with van der Waals surface area (Å²) in [7, 11) is 0. The van der Waals surface area contributed by atoms with E-state index in [-0.39, 0.29) is 25.5 Å². The molecule has 1 nitrogen and oxygen atoms in total. The van der Waals surface area contributed by atoms with Gasteiger partial charge in [0.15, 0.2) is 0 Å². The third-order valence-corrected chi connectivity index (χ3v) is 4.43. The topological polar surface area (TPSA) is 12.4 Å². The van der Waals surface area contributed by atoms with Crippen LogP contribution < -0.4 is 0 Å². The van der Waals surface area contributed by atoms with Crippen molar-refractivity contribution in [2.75, 3.05) is 6.54 Å². The molecule has 2 heteroatoms. The maximum atomic E-state index is 4.85. The second-order valence-electron chi connectivity index (χ2n) is 6.28. The van der Waals surface area contributed by atoms with Crippen molar-refractivity contribution in [2.24, 2.45) is 10.4 Å². The second kappa shape index (κ2) is 5.89. The molecule has 1 aromatic carbocycles. The van der Waals surface area contributed by atoms with Crippen molar-refractivity contribution >= 4 is 5.71 Å². The SMILES string of the molecule is CC1(C)CCCN=C1c1[c-]ccc2c1CCCC2.[Ir]. The Balaban J connectivity index is 0.00000133. The maximum Gasteiger partial charge on any atom is 0.0285 e. The number of benzene rings is 1. The van der Waals surface area contributed by atoms with Gasteiger partial charge in [-0.05, 0) is 30.4 Å². The van der Waals surface area contributed by atoms with Crippen molar-refractivity contribution in [1.82, 2.24) is 0 Å². The molecule has 19 heavy (non-hydrogen) atoms. The van der Waals surface area contributed by atoms with Crippen molar-refractivity contribution in [1.29, 1.82) is 0 Å². The van der Waals surface area contributed by atoms with E-state index in [0.29, 0.717) is 0 Å². The Morgan fingerprint density at radius 1 is 1.16 bits per heavy atom. The molecule has 1 aromatic rings. The molecular formula is C17H22IrN-. The maximum absolute atomic E-state index is 4.85. The normalized spacial score (nSPS) is 21.1. The van der Waals surface area contributed by atoms with Crippen LogP contribution in [0.4, 0.5) is 0 Å². The van der Waals surface area contributed by atoms with Crippen LogP contribution in [0.15, 0.2) is 17.1 Å². The summed E-state index contributed by atoms with van der Waals surface area (Å²) in [5, 5.41) is 0. The van der Waals surface area contributed by atoms with E-state index in [4.69, 9.17) is 4.99 Å². The van der Waals surface area contributed by atoms with Crippen LogP contribution in [0.5, 0.6) is 0 Å². The average Bonchev–Trinajstić information content (AvgIpc) is 2.38. The van der Waals surface area contributed by atoms with Crippen LogP contribution in [0.25, 0.3) is 0 Å². The summed E-state index contributed by atoms with van der Waals surface area (Å²) in [6.07, 6.45) is 7.61. The fraction of sp³-hybridized carbons (Fsp3) is 0.588. The van der Waals surface area contributed by atoms with Crippen molar-refractivity contribution in [3.8, 4) is 0 Å². The molecule has 3 rings (SSSR count). The number of hydrogen-bond acceptors (Lipinski definition) is 1. The monoisotopic (exact) mass is 433 g/mol. The molecule has 0 fully saturated rings. The van der Waals surface area contributed by atoms with Crippen molar-refractivity contribution < 1.29 is 20.1 Å². The zero-order valence-electron chi connectivity index (χ0n) is 11.9. The van der Waals surface area contributed by atoms with Crippen LogP contribution in [0, 0.1) is 11.5 Å². The van der Waals surface area contributed by atoms with Gasteiger partial charge in [0, 0.05) is 26.7 Å².